The van der Waals surface area contributed by atoms with Gasteiger partial charge in [0.1, 0.15) is 0 Å². The third-order valence-electron chi connectivity index (χ3n) is 3.79. The molecule has 1 atom stereocenters. The van der Waals surface area contributed by atoms with E-state index in [1.165, 1.54) is 12.1 Å². The number of benzene rings is 2. The second kappa shape index (κ2) is 6.57. The first-order chi connectivity index (χ1) is 11.5. The van der Waals surface area contributed by atoms with Gasteiger partial charge >= 0.3 is 0 Å². The smallest absolute Gasteiger partial charge is 0.269 e. The summed E-state index contributed by atoms with van der Waals surface area (Å²) < 4.78 is 10.6. The SMILES string of the molecule is C[C@H](NC(=O)Cc1ccc([N+](=O)[O-])cc1)c1ccc2c(c1)OCO2. The highest BCUT2D eigenvalue weighted by Gasteiger charge is 2.17. The largest absolute Gasteiger partial charge is 0.454 e. The van der Waals surface area contributed by atoms with Crippen molar-refractivity contribution in [1.29, 1.82) is 0 Å². The van der Waals surface area contributed by atoms with Gasteiger partial charge in [-0.25, -0.2) is 0 Å². The molecule has 0 saturated heterocycles. The van der Waals surface area contributed by atoms with Gasteiger partial charge in [-0.2, -0.15) is 0 Å². The highest BCUT2D eigenvalue weighted by molar-refractivity contribution is 5.79. The lowest BCUT2D eigenvalue weighted by Crippen LogP contribution is -2.28. The normalized spacial score (nSPS) is 13.4. The van der Waals surface area contributed by atoms with Gasteiger partial charge in [-0.3, -0.25) is 14.9 Å². The molecule has 3 rings (SSSR count). The number of ether oxygens (including phenoxy) is 2. The number of nitro groups is 1. The second-order valence-corrected chi connectivity index (χ2v) is 5.50. The average molecular weight is 328 g/mol. The molecular weight excluding hydrogens is 312 g/mol. The molecule has 2 aromatic rings. The number of nitro benzene ring substituents is 1. The fraction of sp³-hybridized carbons (Fsp3) is 0.235. The first kappa shape index (κ1) is 15.8. The second-order valence-electron chi connectivity index (χ2n) is 5.50. The minimum atomic E-state index is -0.467. The number of rotatable bonds is 5. The number of nitrogens with zero attached hydrogens (tertiary/aromatic N) is 1. The van der Waals surface area contributed by atoms with Crippen LogP contribution in [0.4, 0.5) is 5.69 Å². The number of carbonyl (C=O) groups excluding carboxylic acids is 1. The van der Waals surface area contributed by atoms with Gasteiger partial charge in [-0.15, -0.1) is 0 Å². The zero-order valence-electron chi connectivity index (χ0n) is 13.0. The molecule has 0 spiro atoms. The molecular formula is C17H16N2O5. The first-order valence-corrected chi connectivity index (χ1v) is 7.45. The van der Waals surface area contributed by atoms with Crippen molar-refractivity contribution in [2.24, 2.45) is 0 Å². The van der Waals surface area contributed by atoms with Crippen LogP contribution < -0.4 is 14.8 Å². The number of non-ortho nitro benzene ring substituents is 1. The van der Waals surface area contributed by atoms with E-state index in [1.54, 1.807) is 12.1 Å². The molecule has 24 heavy (non-hydrogen) atoms. The van der Waals surface area contributed by atoms with E-state index >= 15 is 0 Å². The Hall–Kier alpha value is -3.09. The van der Waals surface area contributed by atoms with Crippen LogP contribution in [-0.4, -0.2) is 17.6 Å². The van der Waals surface area contributed by atoms with Crippen molar-refractivity contribution in [3.8, 4) is 11.5 Å². The maximum absolute atomic E-state index is 12.1. The predicted molar refractivity (Wildman–Crippen MR) is 85.9 cm³/mol. The molecule has 2 aromatic carbocycles. The highest BCUT2D eigenvalue weighted by atomic mass is 16.7. The minimum absolute atomic E-state index is 0.00730. The summed E-state index contributed by atoms with van der Waals surface area (Å²) in [4.78, 5) is 22.3. The lowest BCUT2D eigenvalue weighted by molar-refractivity contribution is -0.384. The van der Waals surface area contributed by atoms with Gasteiger partial charge in [0.05, 0.1) is 17.4 Å². The molecule has 1 aliphatic heterocycles. The summed E-state index contributed by atoms with van der Waals surface area (Å²) in [5.74, 6) is 1.21. The summed E-state index contributed by atoms with van der Waals surface area (Å²) >= 11 is 0. The van der Waals surface area contributed by atoms with Crippen LogP contribution in [0.25, 0.3) is 0 Å². The van der Waals surface area contributed by atoms with E-state index in [1.807, 2.05) is 25.1 Å². The van der Waals surface area contributed by atoms with Crippen LogP contribution >= 0.6 is 0 Å². The molecule has 7 heteroatoms. The van der Waals surface area contributed by atoms with Gasteiger partial charge in [-0.1, -0.05) is 18.2 Å². The van der Waals surface area contributed by atoms with Crippen LogP contribution in [-0.2, 0) is 11.2 Å². The van der Waals surface area contributed by atoms with E-state index < -0.39 is 4.92 Å². The zero-order chi connectivity index (χ0) is 17.1. The molecule has 124 valence electrons. The van der Waals surface area contributed by atoms with E-state index in [0.717, 1.165) is 11.1 Å². The summed E-state index contributed by atoms with van der Waals surface area (Å²) in [6.45, 7) is 2.09. The van der Waals surface area contributed by atoms with E-state index in [2.05, 4.69) is 5.32 Å². The molecule has 1 heterocycles. The van der Waals surface area contributed by atoms with Gasteiger partial charge in [0.2, 0.25) is 12.7 Å². The topological polar surface area (TPSA) is 90.7 Å². The third kappa shape index (κ3) is 3.45. The maximum Gasteiger partial charge on any atom is 0.269 e. The van der Waals surface area contributed by atoms with Crippen molar-refractivity contribution in [2.75, 3.05) is 6.79 Å². The molecule has 0 radical (unpaired) electrons. The zero-order valence-corrected chi connectivity index (χ0v) is 13.0. The monoisotopic (exact) mass is 328 g/mol. The summed E-state index contributed by atoms with van der Waals surface area (Å²) in [6, 6.07) is 11.3. The number of amides is 1. The van der Waals surface area contributed by atoms with Crippen LogP contribution in [0.15, 0.2) is 42.5 Å². The van der Waals surface area contributed by atoms with Crippen molar-refractivity contribution >= 4 is 11.6 Å². The van der Waals surface area contributed by atoms with Crippen LogP contribution in [0, 0.1) is 10.1 Å². The van der Waals surface area contributed by atoms with E-state index in [0.29, 0.717) is 11.5 Å². The maximum atomic E-state index is 12.1. The number of hydrogen-bond donors (Lipinski definition) is 1. The molecule has 1 amide bonds. The van der Waals surface area contributed by atoms with Crippen molar-refractivity contribution < 1.29 is 19.2 Å². The fourth-order valence-electron chi connectivity index (χ4n) is 2.48. The van der Waals surface area contributed by atoms with Crippen molar-refractivity contribution in [3.05, 3.63) is 63.7 Å². The van der Waals surface area contributed by atoms with Crippen molar-refractivity contribution in [1.82, 2.24) is 5.32 Å². The predicted octanol–water partition coefficient (Wildman–Crippen LogP) is 2.74. The Morgan fingerprint density at radius 1 is 1.21 bits per heavy atom. The minimum Gasteiger partial charge on any atom is -0.454 e. The fourth-order valence-corrected chi connectivity index (χ4v) is 2.48. The van der Waals surface area contributed by atoms with Gasteiger partial charge in [0.25, 0.3) is 5.69 Å². The molecule has 0 bridgehead atoms. The van der Waals surface area contributed by atoms with Gasteiger partial charge in [0, 0.05) is 12.1 Å². The Kier molecular flexibility index (Phi) is 4.33. The summed E-state index contributed by atoms with van der Waals surface area (Å²) in [6.07, 6.45) is 0.160. The van der Waals surface area contributed by atoms with Gasteiger partial charge in [-0.05, 0) is 30.2 Å². The Morgan fingerprint density at radius 2 is 1.92 bits per heavy atom. The summed E-state index contributed by atoms with van der Waals surface area (Å²) in [5, 5.41) is 13.5. The molecule has 0 fully saturated rings. The lowest BCUT2D eigenvalue weighted by atomic mass is 10.1. The average Bonchev–Trinajstić information content (AvgIpc) is 3.02. The molecule has 1 aliphatic rings. The van der Waals surface area contributed by atoms with Crippen molar-refractivity contribution in [3.63, 3.8) is 0 Å². The molecule has 0 aliphatic carbocycles. The third-order valence-corrected chi connectivity index (χ3v) is 3.79. The number of fused-ring (bicyclic) bond motifs is 1. The first-order valence-electron chi connectivity index (χ1n) is 7.45. The van der Waals surface area contributed by atoms with E-state index in [4.69, 9.17) is 9.47 Å². The van der Waals surface area contributed by atoms with Crippen molar-refractivity contribution in [2.45, 2.75) is 19.4 Å². The Morgan fingerprint density at radius 3 is 2.62 bits per heavy atom. The number of hydrogen-bond acceptors (Lipinski definition) is 5. The number of nitrogens with one attached hydrogen (secondary N) is 1. The molecule has 0 aromatic heterocycles. The molecule has 7 nitrogen and oxygen atoms in total. The lowest BCUT2D eigenvalue weighted by Gasteiger charge is -2.15. The van der Waals surface area contributed by atoms with Gasteiger partial charge < -0.3 is 14.8 Å². The Balaban J connectivity index is 1.60. The van der Waals surface area contributed by atoms with Crippen LogP contribution in [0.1, 0.15) is 24.1 Å². The molecule has 0 unspecified atom stereocenters. The van der Waals surface area contributed by atoms with Crippen LogP contribution in [0.2, 0.25) is 0 Å². The van der Waals surface area contributed by atoms with E-state index in [-0.39, 0.29) is 30.9 Å². The summed E-state index contributed by atoms with van der Waals surface area (Å²) in [5.41, 5.74) is 1.64. The highest BCUT2D eigenvalue weighted by Crippen LogP contribution is 2.34. The Bertz CT molecular complexity index is 773. The Labute approximate surface area is 138 Å². The number of carbonyl (C=O) groups is 1. The molecule has 0 saturated carbocycles. The standard InChI is InChI=1S/C17H16N2O5/c1-11(13-4-7-15-16(9-13)24-10-23-15)18-17(20)8-12-2-5-14(6-3-12)19(21)22/h2-7,9,11H,8,10H2,1H3,(H,18,20)/t11-/m0/s1. The van der Waals surface area contributed by atoms with Gasteiger partial charge in [0.15, 0.2) is 11.5 Å². The van der Waals surface area contributed by atoms with Crippen LogP contribution in [0.3, 0.4) is 0 Å². The molecule has 1 N–H and O–H groups in total. The van der Waals surface area contributed by atoms with Crippen LogP contribution in [0.5, 0.6) is 11.5 Å². The quantitative estimate of drug-likeness (QED) is 0.673. The summed E-state index contributed by atoms with van der Waals surface area (Å²) in [7, 11) is 0. The van der Waals surface area contributed by atoms with E-state index in [9.17, 15) is 14.9 Å².